The average Bonchev–Trinajstić information content (AvgIpc) is 2.36. The van der Waals surface area contributed by atoms with Gasteiger partial charge in [0, 0.05) is 31.2 Å². The van der Waals surface area contributed by atoms with E-state index in [9.17, 15) is 4.79 Å². The van der Waals surface area contributed by atoms with Gasteiger partial charge < -0.3 is 10.2 Å². The van der Waals surface area contributed by atoms with Gasteiger partial charge >= 0.3 is 0 Å². The maximum Gasteiger partial charge on any atom is 0.232 e. The summed E-state index contributed by atoms with van der Waals surface area (Å²) in [5.41, 5.74) is 1.03. The highest BCUT2D eigenvalue weighted by atomic mass is 32.2. The fourth-order valence-corrected chi connectivity index (χ4v) is 2.26. The lowest BCUT2D eigenvalue weighted by Crippen LogP contribution is -2.23. The molecule has 0 aliphatic carbocycles. The summed E-state index contributed by atoms with van der Waals surface area (Å²) < 4.78 is 0. The van der Waals surface area contributed by atoms with Crippen LogP contribution in [0.4, 0.5) is 0 Å². The molecule has 1 aromatic heterocycles. The van der Waals surface area contributed by atoms with Crippen molar-refractivity contribution >= 4 is 17.7 Å². The standard InChI is InChI=1S/C13H21N3OS/c1-5-14-10(2)12-7-6-11(8-15-12)18-9-13(17)16(3)4/h6-8,10,14H,5,9H2,1-4H3. The molecule has 1 heterocycles. The third-order valence-corrected chi connectivity index (χ3v) is 3.54. The monoisotopic (exact) mass is 267 g/mol. The van der Waals surface area contributed by atoms with Gasteiger partial charge in [0.25, 0.3) is 0 Å². The number of nitrogens with zero attached hydrogens (tertiary/aromatic N) is 2. The summed E-state index contributed by atoms with van der Waals surface area (Å²) in [5.74, 6) is 0.571. The minimum atomic E-state index is 0.116. The Bertz CT molecular complexity index is 378. The highest BCUT2D eigenvalue weighted by Crippen LogP contribution is 2.19. The molecular formula is C13H21N3OS. The first-order valence-corrected chi connectivity index (χ1v) is 7.05. The molecule has 0 saturated carbocycles. The molecule has 0 saturated heterocycles. The van der Waals surface area contributed by atoms with Gasteiger partial charge in [-0.1, -0.05) is 6.92 Å². The van der Waals surface area contributed by atoms with Crippen molar-refractivity contribution in [3.05, 3.63) is 24.0 Å². The number of nitrogens with one attached hydrogen (secondary N) is 1. The van der Waals surface area contributed by atoms with Crippen molar-refractivity contribution in [2.24, 2.45) is 0 Å². The van der Waals surface area contributed by atoms with Gasteiger partial charge in [0.15, 0.2) is 0 Å². The molecule has 1 rings (SSSR count). The van der Waals surface area contributed by atoms with Crippen LogP contribution in [0.1, 0.15) is 25.6 Å². The van der Waals surface area contributed by atoms with Crippen LogP contribution >= 0.6 is 11.8 Å². The first kappa shape index (κ1) is 15.0. The van der Waals surface area contributed by atoms with E-state index in [0.717, 1.165) is 17.1 Å². The molecule has 0 aliphatic heterocycles. The fraction of sp³-hybridized carbons (Fsp3) is 0.538. The van der Waals surface area contributed by atoms with Crippen LogP contribution in [0.25, 0.3) is 0 Å². The van der Waals surface area contributed by atoms with Crippen molar-refractivity contribution in [1.29, 1.82) is 0 Å². The van der Waals surface area contributed by atoms with Crippen LogP contribution < -0.4 is 5.32 Å². The van der Waals surface area contributed by atoms with Crippen molar-refractivity contribution < 1.29 is 4.79 Å². The number of hydrogen-bond acceptors (Lipinski definition) is 4. The molecule has 1 amide bonds. The molecule has 1 aromatic rings. The Kier molecular flexibility index (Phi) is 6.15. The molecule has 0 bridgehead atoms. The van der Waals surface area contributed by atoms with Crippen LogP contribution in [0.5, 0.6) is 0 Å². The summed E-state index contributed by atoms with van der Waals surface area (Å²) in [6.07, 6.45) is 1.83. The zero-order chi connectivity index (χ0) is 13.5. The van der Waals surface area contributed by atoms with E-state index >= 15 is 0 Å². The van der Waals surface area contributed by atoms with Crippen molar-refractivity contribution in [2.75, 3.05) is 26.4 Å². The molecule has 1 N–H and O–H groups in total. The number of hydrogen-bond donors (Lipinski definition) is 1. The quantitative estimate of drug-likeness (QED) is 0.800. The second-order valence-corrected chi connectivity index (χ2v) is 5.32. The van der Waals surface area contributed by atoms with E-state index in [2.05, 4.69) is 24.1 Å². The van der Waals surface area contributed by atoms with Gasteiger partial charge in [-0.15, -0.1) is 11.8 Å². The molecular weight excluding hydrogens is 246 g/mol. The average molecular weight is 267 g/mol. The Morgan fingerprint density at radius 3 is 2.72 bits per heavy atom. The molecule has 0 spiro atoms. The van der Waals surface area contributed by atoms with Gasteiger partial charge in [0.05, 0.1) is 11.4 Å². The van der Waals surface area contributed by atoms with Gasteiger partial charge in [-0.25, -0.2) is 0 Å². The minimum Gasteiger partial charge on any atom is -0.348 e. The van der Waals surface area contributed by atoms with Gasteiger partial charge in [-0.3, -0.25) is 9.78 Å². The van der Waals surface area contributed by atoms with E-state index in [4.69, 9.17) is 0 Å². The number of carbonyl (C=O) groups excluding carboxylic acids is 1. The first-order chi connectivity index (χ1) is 8.54. The summed E-state index contributed by atoms with van der Waals surface area (Å²) in [6, 6.07) is 4.29. The smallest absolute Gasteiger partial charge is 0.232 e. The van der Waals surface area contributed by atoms with E-state index in [0.29, 0.717) is 5.75 Å². The van der Waals surface area contributed by atoms with Gasteiger partial charge in [-0.05, 0) is 25.6 Å². The molecule has 4 nitrogen and oxygen atoms in total. The maximum atomic E-state index is 11.5. The lowest BCUT2D eigenvalue weighted by Gasteiger charge is -2.12. The Hall–Kier alpha value is -1.07. The highest BCUT2D eigenvalue weighted by Gasteiger charge is 2.07. The first-order valence-electron chi connectivity index (χ1n) is 6.07. The maximum absolute atomic E-state index is 11.5. The van der Waals surface area contributed by atoms with Crippen molar-refractivity contribution in [3.63, 3.8) is 0 Å². The topological polar surface area (TPSA) is 45.2 Å². The van der Waals surface area contributed by atoms with E-state index < -0.39 is 0 Å². The number of thioether (sulfide) groups is 1. The van der Waals surface area contributed by atoms with Crippen LogP contribution in [0, 0.1) is 0 Å². The summed E-state index contributed by atoms with van der Waals surface area (Å²) in [4.78, 5) is 18.5. The molecule has 1 atom stereocenters. The van der Waals surface area contributed by atoms with Crippen LogP contribution in [0.2, 0.25) is 0 Å². The zero-order valence-electron chi connectivity index (χ0n) is 11.4. The normalized spacial score (nSPS) is 12.2. The number of aromatic nitrogens is 1. The fourth-order valence-electron chi connectivity index (χ4n) is 1.42. The molecule has 0 fully saturated rings. The summed E-state index contributed by atoms with van der Waals surface area (Å²) in [7, 11) is 3.53. The molecule has 5 heteroatoms. The number of carbonyl (C=O) groups is 1. The van der Waals surface area contributed by atoms with Gasteiger partial charge in [0.1, 0.15) is 0 Å². The Morgan fingerprint density at radius 2 is 2.22 bits per heavy atom. The van der Waals surface area contributed by atoms with Crippen LogP contribution in [0.15, 0.2) is 23.2 Å². The Labute approximate surface area is 113 Å². The van der Waals surface area contributed by atoms with E-state index in [-0.39, 0.29) is 11.9 Å². The van der Waals surface area contributed by atoms with Crippen LogP contribution in [-0.4, -0.2) is 42.2 Å². The van der Waals surface area contributed by atoms with Crippen LogP contribution in [-0.2, 0) is 4.79 Å². The molecule has 0 aromatic carbocycles. The molecule has 1 unspecified atom stereocenters. The van der Waals surface area contributed by atoms with E-state index in [1.807, 2.05) is 18.3 Å². The van der Waals surface area contributed by atoms with Crippen molar-refractivity contribution in [1.82, 2.24) is 15.2 Å². The zero-order valence-corrected chi connectivity index (χ0v) is 12.3. The van der Waals surface area contributed by atoms with E-state index in [1.54, 1.807) is 19.0 Å². The van der Waals surface area contributed by atoms with Crippen molar-refractivity contribution in [2.45, 2.75) is 24.8 Å². The predicted molar refractivity (Wildman–Crippen MR) is 75.7 cm³/mol. The summed E-state index contributed by atoms with van der Waals surface area (Å²) in [5, 5.41) is 3.32. The molecule has 100 valence electrons. The second kappa shape index (κ2) is 7.38. The Morgan fingerprint density at radius 1 is 1.50 bits per heavy atom. The lowest BCUT2D eigenvalue weighted by molar-refractivity contribution is -0.125. The Balaban J connectivity index is 2.52. The van der Waals surface area contributed by atoms with Gasteiger partial charge in [0.2, 0.25) is 5.91 Å². The number of amides is 1. The van der Waals surface area contributed by atoms with Gasteiger partial charge in [-0.2, -0.15) is 0 Å². The molecule has 0 radical (unpaired) electrons. The molecule has 0 aliphatic rings. The third-order valence-electron chi connectivity index (χ3n) is 2.57. The summed E-state index contributed by atoms with van der Waals surface area (Å²) in [6.45, 7) is 5.10. The largest absolute Gasteiger partial charge is 0.348 e. The number of rotatable bonds is 6. The predicted octanol–water partition coefficient (Wildman–Crippen LogP) is 1.93. The number of pyridine rings is 1. The summed E-state index contributed by atoms with van der Waals surface area (Å²) >= 11 is 1.52. The SMILES string of the molecule is CCNC(C)c1ccc(SCC(=O)N(C)C)cn1. The highest BCUT2D eigenvalue weighted by molar-refractivity contribution is 8.00. The molecule has 18 heavy (non-hydrogen) atoms. The van der Waals surface area contributed by atoms with E-state index in [1.165, 1.54) is 11.8 Å². The minimum absolute atomic E-state index is 0.116. The van der Waals surface area contributed by atoms with Crippen molar-refractivity contribution in [3.8, 4) is 0 Å². The van der Waals surface area contributed by atoms with Crippen LogP contribution in [0.3, 0.4) is 0 Å². The second-order valence-electron chi connectivity index (χ2n) is 4.27. The lowest BCUT2D eigenvalue weighted by atomic mass is 10.2. The third kappa shape index (κ3) is 4.66.